The van der Waals surface area contributed by atoms with E-state index in [2.05, 4.69) is 26.0 Å². The number of rotatable bonds is 40. The first-order valence-corrected chi connectivity index (χ1v) is 22.6. The van der Waals surface area contributed by atoms with Gasteiger partial charge in [0.1, 0.15) is 18.0 Å². The number of unbranched alkanes of at least 4 members (excludes halogenated alkanes) is 24. The van der Waals surface area contributed by atoms with Crippen molar-refractivity contribution in [3.05, 3.63) is 12.2 Å². The number of hydrogen-bond acceptors (Lipinski definition) is 8. The van der Waals surface area contributed by atoms with Gasteiger partial charge in [0.2, 0.25) is 0 Å². The molecule has 0 aromatic heterocycles. The first kappa shape index (κ1) is 50.1. The average Bonchev–Trinajstić information content (AvgIpc) is 3.12. The Bertz CT molecular complexity index is 886. The topological polar surface area (TPSA) is 156 Å². The van der Waals surface area contributed by atoms with Gasteiger partial charge in [0.15, 0.2) is 5.78 Å². The molecule has 0 aromatic carbocycles. The number of carbonyl (C=O) groups is 2. The van der Waals surface area contributed by atoms with E-state index in [9.17, 15) is 24.2 Å². The summed E-state index contributed by atoms with van der Waals surface area (Å²) in [5.74, 6) is -1.72. The Balaban J connectivity index is 4.67. The van der Waals surface area contributed by atoms with Crippen LogP contribution in [0, 0.1) is 5.92 Å². The number of hydrogen-bond donors (Lipinski definition) is 4. The highest BCUT2D eigenvalue weighted by molar-refractivity contribution is 7.47. The molecule has 51 heavy (non-hydrogen) atoms. The minimum Gasteiger partial charge on any atom is -0.394 e. The van der Waals surface area contributed by atoms with Crippen molar-refractivity contribution in [1.29, 1.82) is 0 Å². The molecule has 0 saturated carbocycles. The number of Topliss-reactive ketones (excluding diaryl/α,β-unsaturated/α-hetero) is 2. The molecule has 0 fully saturated rings. The molecule has 0 amide bonds. The highest BCUT2D eigenvalue weighted by Gasteiger charge is 2.36. The van der Waals surface area contributed by atoms with Crippen LogP contribution in [0.1, 0.15) is 200 Å². The molecule has 0 spiro atoms. The molecule has 10 heteroatoms. The predicted molar refractivity (Wildman–Crippen MR) is 211 cm³/mol. The lowest BCUT2D eigenvalue weighted by molar-refractivity contribution is -0.138. The van der Waals surface area contributed by atoms with E-state index in [0.29, 0.717) is 19.3 Å². The molecule has 0 saturated heterocycles. The van der Waals surface area contributed by atoms with Crippen LogP contribution in [-0.4, -0.2) is 58.6 Å². The second-order valence-corrected chi connectivity index (χ2v) is 16.0. The Morgan fingerprint density at radius 3 is 1.51 bits per heavy atom. The molecule has 0 aromatic rings. The first-order valence-electron chi connectivity index (χ1n) is 21.1. The van der Waals surface area contributed by atoms with E-state index in [1.165, 1.54) is 109 Å². The van der Waals surface area contributed by atoms with Gasteiger partial charge in [-0.25, -0.2) is 4.57 Å². The van der Waals surface area contributed by atoms with Gasteiger partial charge in [0, 0.05) is 13.0 Å². The summed E-state index contributed by atoms with van der Waals surface area (Å²) in [6.07, 6.45) is 34.4. The van der Waals surface area contributed by atoms with Crippen molar-refractivity contribution in [3.63, 3.8) is 0 Å². The molecule has 0 rings (SSSR count). The van der Waals surface area contributed by atoms with Crippen LogP contribution in [-0.2, 0) is 23.2 Å². The van der Waals surface area contributed by atoms with E-state index < -0.39 is 44.9 Å². The Labute approximate surface area is 312 Å². The van der Waals surface area contributed by atoms with Crippen molar-refractivity contribution in [1.82, 2.24) is 0 Å². The van der Waals surface area contributed by atoms with Crippen LogP contribution in [0.5, 0.6) is 0 Å². The lowest BCUT2D eigenvalue weighted by atomic mass is 9.87. The van der Waals surface area contributed by atoms with Crippen molar-refractivity contribution in [2.24, 2.45) is 11.7 Å². The maximum Gasteiger partial charge on any atom is 0.473 e. The summed E-state index contributed by atoms with van der Waals surface area (Å²) >= 11 is 0. The zero-order chi connectivity index (χ0) is 37.8. The van der Waals surface area contributed by atoms with Crippen LogP contribution in [0.25, 0.3) is 0 Å². The van der Waals surface area contributed by atoms with E-state index in [4.69, 9.17) is 19.9 Å². The number of nitrogens with two attached hydrogens (primary N) is 1. The summed E-state index contributed by atoms with van der Waals surface area (Å²) in [4.78, 5) is 37.0. The molecule has 0 heterocycles. The third-order valence-electron chi connectivity index (χ3n) is 9.70. The smallest absolute Gasteiger partial charge is 0.394 e. The zero-order valence-electron chi connectivity index (χ0n) is 32.9. The summed E-state index contributed by atoms with van der Waals surface area (Å²) in [6, 6.07) is 0. The van der Waals surface area contributed by atoms with E-state index in [0.717, 1.165) is 51.4 Å². The Hall–Kier alpha value is -0.930. The number of aliphatic hydroxyl groups excluding tert-OH is 2. The Morgan fingerprint density at radius 2 is 1.08 bits per heavy atom. The van der Waals surface area contributed by atoms with E-state index >= 15 is 0 Å². The van der Waals surface area contributed by atoms with Gasteiger partial charge >= 0.3 is 7.82 Å². The highest BCUT2D eigenvalue weighted by atomic mass is 31.2. The quantitative estimate of drug-likeness (QED) is 0.0207. The molecule has 4 unspecified atom stereocenters. The third-order valence-corrected chi connectivity index (χ3v) is 10.7. The molecule has 9 nitrogen and oxygen atoms in total. The van der Waals surface area contributed by atoms with Crippen molar-refractivity contribution in [3.8, 4) is 0 Å². The lowest BCUT2D eigenvalue weighted by Gasteiger charge is -2.23. The number of phosphoric ester groups is 1. The number of phosphoric acid groups is 1. The monoisotopic (exact) mass is 746 g/mol. The van der Waals surface area contributed by atoms with Crippen molar-refractivity contribution in [2.45, 2.75) is 212 Å². The molecule has 4 atom stereocenters. The molecule has 0 bridgehead atoms. The third kappa shape index (κ3) is 31.2. The van der Waals surface area contributed by atoms with E-state index in [1.807, 2.05) is 0 Å². The summed E-state index contributed by atoms with van der Waals surface area (Å²) in [6.45, 7) is 2.80. The molecule has 5 N–H and O–H groups in total. The summed E-state index contributed by atoms with van der Waals surface area (Å²) in [5, 5.41) is 18.4. The predicted octanol–water partition coefficient (Wildman–Crippen LogP) is 10.5. The summed E-state index contributed by atoms with van der Waals surface area (Å²) in [5.41, 5.74) is 5.78. The molecule has 0 radical (unpaired) electrons. The fourth-order valence-electron chi connectivity index (χ4n) is 6.41. The Kier molecular flexibility index (Phi) is 35.4. The van der Waals surface area contributed by atoms with Gasteiger partial charge in [-0.15, -0.1) is 0 Å². The molecule has 0 aliphatic rings. The SMILES string of the molecule is CCCCCCCC/C=C\CCCCCCC(C(=O)CCCCCCCCCCCCCCCCC)C(=O)C(CN)OP(=O)(O)OCC(O)CO. The fourth-order valence-corrected chi connectivity index (χ4v) is 7.34. The van der Waals surface area contributed by atoms with Gasteiger partial charge in [-0.2, -0.15) is 0 Å². The van der Waals surface area contributed by atoms with Gasteiger partial charge < -0.3 is 20.8 Å². The fraction of sp³-hybridized carbons (Fsp3) is 0.902. The van der Waals surface area contributed by atoms with Crippen LogP contribution in [0.15, 0.2) is 12.2 Å². The maximum absolute atomic E-state index is 13.5. The van der Waals surface area contributed by atoms with Gasteiger partial charge in [-0.1, -0.05) is 167 Å². The molecular formula is C41H80NO8P. The average molecular weight is 746 g/mol. The normalized spacial score (nSPS) is 14.9. The van der Waals surface area contributed by atoms with Gasteiger partial charge in [-0.05, 0) is 38.5 Å². The van der Waals surface area contributed by atoms with E-state index in [1.54, 1.807) is 0 Å². The van der Waals surface area contributed by atoms with Crippen LogP contribution in [0.4, 0.5) is 0 Å². The molecule has 0 aliphatic carbocycles. The van der Waals surface area contributed by atoms with Crippen molar-refractivity contribution < 1.29 is 38.3 Å². The van der Waals surface area contributed by atoms with Gasteiger partial charge in [0.25, 0.3) is 0 Å². The highest BCUT2D eigenvalue weighted by Crippen LogP contribution is 2.45. The first-order chi connectivity index (χ1) is 24.7. The summed E-state index contributed by atoms with van der Waals surface area (Å²) in [7, 11) is -4.76. The lowest BCUT2D eigenvalue weighted by Crippen LogP contribution is -2.39. The molecule has 302 valence electrons. The van der Waals surface area contributed by atoms with Crippen LogP contribution in [0.3, 0.4) is 0 Å². The number of aliphatic hydroxyl groups is 2. The van der Waals surface area contributed by atoms with Crippen molar-refractivity contribution >= 4 is 19.4 Å². The van der Waals surface area contributed by atoms with Crippen molar-refractivity contribution in [2.75, 3.05) is 19.8 Å². The zero-order valence-corrected chi connectivity index (χ0v) is 33.8. The second kappa shape index (κ2) is 36.1. The Morgan fingerprint density at radius 1 is 0.667 bits per heavy atom. The standard InChI is InChI=1S/C41H80NO8P/c1-3-5-7-9-11-13-15-17-19-21-23-25-27-29-31-33-39(45)38(41(46)40(34-42)50-51(47,48)49-36-37(44)35-43)32-30-28-26-24-22-20-18-16-14-12-10-8-6-4-2/h18,20,37-38,40,43-44H,3-17,19,21-36,42H2,1-2H3,(H,47,48)/b20-18-. The number of carbonyl (C=O) groups excluding carboxylic acids is 2. The van der Waals surface area contributed by atoms with E-state index in [-0.39, 0.29) is 18.7 Å². The minimum atomic E-state index is -4.76. The molecular weight excluding hydrogens is 665 g/mol. The second-order valence-electron chi connectivity index (χ2n) is 14.6. The van der Waals surface area contributed by atoms with Crippen LogP contribution < -0.4 is 5.73 Å². The van der Waals surface area contributed by atoms with Gasteiger partial charge in [-0.3, -0.25) is 18.6 Å². The van der Waals surface area contributed by atoms with Gasteiger partial charge in [0.05, 0.1) is 19.1 Å². The minimum absolute atomic E-state index is 0.168. The number of ketones is 2. The largest absolute Gasteiger partial charge is 0.473 e. The number of allylic oxidation sites excluding steroid dienone is 2. The van der Waals surface area contributed by atoms with Crippen LogP contribution >= 0.6 is 7.82 Å². The molecule has 0 aliphatic heterocycles. The maximum atomic E-state index is 13.5. The van der Waals surface area contributed by atoms with Crippen LogP contribution in [0.2, 0.25) is 0 Å². The summed E-state index contributed by atoms with van der Waals surface area (Å²) < 4.78 is 22.3.